The minimum Gasteiger partial charge on any atom is -0.352 e. The fourth-order valence-electron chi connectivity index (χ4n) is 2.91. The molecule has 0 bridgehead atoms. The average molecular weight is 364 g/mol. The summed E-state index contributed by atoms with van der Waals surface area (Å²) in [4.78, 5) is 22.2. The smallest absolute Gasteiger partial charge is 0.148 e. The lowest BCUT2D eigenvalue weighted by Crippen LogP contribution is -2.47. The molecule has 1 aliphatic rings. The molecule has 2 aromatic heterocycles. The Morgan fingerprint density at radius 3 is 2.27 bits per heavy atom. The highest BCUT2D eigenvalue weighted by Gasteiger charge is 2.19. The molecule has 7 heteroatoms. The Labute approximate surface area is 157 Å². The fraction of sp³-hybridized carbons (Fsp3) is 0.263. The summed E-state index contributed by atoms with van der Waals surface area (Å²) in [6.07, 6.45) is 8.95. The second-order valence-corrected chi connectivity index (χ2v) is 7.02. The van der Waals surface area contributed by atoms with Gasteiger partial charge in [0.2, 0.25) is 0 Å². The quantitative estimate of drug-likeness (QED) is 0.645. The first-order chi connectivity index (χ1) is 12.9. The fourth-order valence-corrected chi connectivity index (χ4v) is 3.71. The summed E-state index contributed by atoms with van der Waals surface area (Å²) in [6, 6.07) is 10.4. The molecule has 1 fully saturated rings. The van der Waals surface area contributed by atoms with Crippen LogP contribution < -0.4 is 9.80 Å². The number of hydrogen-bond acceptors (Lipinski definition) is 7. The van der Waals surface area contributed by atoms with Crippen LogP contribution in [-0.2, 0) is 5.75 Å². The van der Waals surface area contributed by atoms with Crippen LogP contribution in [0.2, 0.25) is 0 Å². The zero-order valence-electron chi connectivity index (χ0n) is 14.4. The van der Waals surface area contributed by atoms with Crippen molar-refractivity contribution in [3.8, 4) is 0 Å². The van der Waals surface area contributed by atoms with Gasteiger partial charge >= 0.3 is 0 Å². The van der Waals surface area contributed by atoms with Crippen molar-refractivity contribution < 1.29 is 0 Å². The predicted molar refractivity (Wildman–Crippen MR) is 104 cm³/mol. The van der Waals surface area contributed by atoms with Crippen LogP contribution in [0.3, 0.4) is 0 Å². The summed E-state index contributed by atoms with van der Waals surface area (Å²) in [6.45, 7) is 3.61. The van der Waals surface area contributed by atoms with E-state index in [0.717, 1.165) is 48.6 Å². The van der Waals surface area contributed by atoms with Crippen LogP contribution in [0, 0.1) is 0 Å². The van der Waals surface area contributed by atoms with Crippen molar-refractivity contribution in [1.82, 2.24) is 19.9 Å². The van der Waals surface area contributed by atoms with Crippen molar-refractivity contribution >= 4 is 23.4 Å². The van der Waals surface area contributed by atoms with Gasteiger partial charge in [-0.1, -0.05) is 30.3 Å². The van der Waals surface area contributed by atoms with Gasteiger partial charge in [-0.3, -0.25) is 9.97 Å². The summed E-state index contributed by atoms with van der Waals surface area (Å²) in [5.41, 5.74) is 1.29. The standard InChI is InChI=1S/C19H20N6S/c1-2-4-16(5-3-1)15-26-19-14-21-13-18(23-19)25-10-8-24(9-11-25)17-12-20-6-7-22-17/h1-7,12-14H,8-11,15H2. The van der Waals surface area contributed by atoms with E-state index in [-0.39, 0.29) is 0 Å². The van der Waals surface area contributed by atoms with Gasteiger partial charge in [0.05, 0.1) is 18.6 Å². The van der Waals surface area contributed by atoms with E-state index in [9.17, 15) is 0 Å². The molecule has 1 aromatic carbocycles. The lowest BCUT2D eigenvalue weighted by atomic mass is 10.2. The minimum atomic E-state index is 0.901. The third-order valence-corrected chi connectivity index (χ3v) is 5.28. The van der Waals surface area contributed by atoms with Gasteiger partial charge in [-0.2, -0.15) is 0 Å². The number of anilines is 2. The first kappa shape index (κ1) is 16.8. The molecule has 0 spiro atoms. The van der Waals surface area contributed by atoms with E-state index < -0.39 is 0 Å². The molecule has 4 rings (SSSR count). The Balaban J connectivity index is 1.36. The third kappa shape index (κ3) is 4.11. The molecule has 3 aromatic rings. The van der Waals surface area contributed by atoms with Gasteiger partial charge in [-0.25, -0.2) is 9.97 Å². The Morgan fingerprint density at radius 1 is 0.808 bits per heavy atom. The third-order valence-electron chi connectivity index (χ3n) is 4.31. The Kier molecular flexibility index (Phi) is 5.25. The second-order valence-electron chi connectivity index (χ2n) is 6.03. The molecule has 6 nitrogen and oxygen atoms in total. The van der Waals surface area contributed by atoms with Gasteiger partial charge in [-0.15, -0.1) is 11.8 Å². The molecule has 0 atom stereocenters. The topological polar surface area (TPSA) is 58.0 Å². The van der Waals surface area contributed by atoms with Crippen LogP contribution in [0.5, 0.6) is 0 Å². The largest absolute Gasteiger partial charge is 0.352 e. The van der Waals surface area contributed by atoms with Crippen molar-refractivity contribution in [3.05, 3.63) is 66.9 Å². The van der Waals surface area contributed by atoms with E-state index in [0.29, 0.717) is 0 Å². The van der Waals surface area contributed by atoms with E-state index in [2.05, 4.69) is 49.0 Å². The van der Waals surface area contributed by atoms with Gasteiger partial charge < -0.3 is 9.80 Å². The summed E-state index contributed by atoms with van der Waals surface area (Å²) < 4.78 is 0. The van der Waals surface area contributed by atoms with E-state index in [4.69, 9.17) is 4.98 Å². The lowest BCUT2D eigenvalue weighted by Gasteiger charge is -2.35. The molecule has 1 saturated heterocycles. The summed E-state index contributed by atoms with van der Waals surface area (Å²) >= 11 is 1.72. The van der Waals surface area contributed by atoms with E-state index in [1.165, 1.54) is 5.56 Å². The van der Waals surface area contributed by atoms with Crippen molar-refractivity contribution in [2.45, 2.75) is 10.8 Å². The summed E-state index contributed by atoms with van der Waals surface area (Å²) in [7, 11) is 0. The number of thioether (sulfide) groups is 1. The van der Waals surface area contributed by atoms with E-state index in [1.54, 1.807) is 24.2 Å². The maximum absolute atomic E-state index is 4.79. The Bertz CT molecular complexity index is 822. The normalized spacial score (nSPS) is 14.5. The molecule has 132 valence electrons. The molecule has 0 saturated carbocycles. The van der Waals surface area contributed by atoms with Crippen LogP contribution in [0.1, 0.15) is 5.56 Å². The maximum Gasteiger partial charge on any atom is 0.148 e. The van der Waals surface area contributed by atoms with Crippen LogP contribution in [0.4, 0.5) is 11.6 Å². The van der Waals surface area contributed by atoms with E-state index >= 15 is 0 Å². The molecule has 0 unspecified atom stereocenters. The summed E-state index contributed by atoms with van der Waals surface area (Å²) in [5, 5.41) is 0.961. The van der Waals surface area contributed by atoms with Gasteiger partial charge in [0.25, 0.3) is 0 Å². The zero-order valence-corrected chi connectivity index (χ0v) is 15.2. The highest BCUT2D eigenvalue weighted by molar-refractivity contribution is 7.98. The number of piperazine rings is 1. The highest BCUT2D eigenvalue weighted by atomic mass is 32.2. The first-order valence-corrected chi connectivity index (χ1v) is 9.62. The van der Waals surface area contributed by atoms with Crippen molar-refractivity contribution in [2.75, 3.05) is 36.0 Å². The summed E-state index contributed by atoms with van der Waals surface area (Å²) in [5.74, 6) is 2.78. The number of nitrogens with zero attached hydrogens (tertiary/aromatic N) is 6. The molecule has 1 aliphatic heterocycles. The predicted octanol–water partition coefficient (Wildman–Crippen LogP) is 2.89. The molecule has 26 heavy (non-hydrogen) atoms. The average Bonchev–Trinajstić information content (AvgIpc) is 2.74. The van der Waals surface area contributed by atoms with Gasteiger partial charge in [-0.05, 0) is 5.56 Å². The molecule has 0 amide bonds. The maximum atomic E-state index is 4.79. The van der Waals surface area contributed by atoms with Crippen molar-refractivity contribution in [2.24, 2.45) is 0 Å². The van der Waals surface area contributed by atoms with Crippen LogP contribution in [0.15, 0.2) is 66.3 Å². The number of aromatic nitrogens is 4. The number of benzene rings is 1. The first-order valence-electron chi connectivity index (χ1n) is 8.63. The second kappa shape index (κ2) is 8.14. The molecule has 3 heterocycles. The minimum absolute atomic E-state index is 0.901. The van der Waals surface area contributed by atoms with Gasteiger partial charge in [0, 0.05) is 44.3 Å². The van der Waals surface area contributed by atoms with Gasteiger partial charge in [0.1, 0.15) is 16.7 Å². The van der Waals surface area contributed by atoms with Crippen LogP contribution in [-0.4, -0.2) is 46.1 Å². The van der Waals surface area contributed by atoms with Crippen molar-refractivity contribution in [3.63, 3.8) is 0 Å². The number of rotatable bonds is 5. The Hall–Kier alpha value is -2.67. The number of hydrogen-bond donors (Lipinski definition) is 0. The molecular weight excluding hydrogens is 344 g/mol. The molecular formula is C19H20N6S. The molecule has 0 radical (unpaired) electrons. The lowest BCUT2D eigenvalue weighted by molar-refractivity contribution is 0.637. The van der Waals surface area contributed by atoms with E-state index in [1.807, 2.05) is 24.7 Å². The highest BCUT2D eigenvalue weighted by Crippen LogP contribution is 2.23. The Morgan fingerprint density at radius 2 is 1.54 bits per heavy atom. The van der Waals surface area contributed by atoms with Gasteiger partial charge in [0.15, 0.2) is 0 Å². The van der Waals surface area contributed by atoms with Crippen LogP contribution >= 0.6 is 11.8 Å². The molecule has 0 aliphatic carbocycles. The zero-order chi connectivity index (χ0) is 17.6. The van der Waals surface area contributed by atoms with Crippen LogP contribution in [0.25, 0.3) is 0 Å². The SMILES string of the molecule is c1ccc(CSc2cncc(N3CCN(c4cnccn4)CC3)n2)cc1. The molecule has 0 N–H and O–H groups in total. The monoisotopic (exact) mass is 364 g/mol. The van der Waals surface area contributed by atoms with Crippen molar-refractivity contribution in [1.29, 1.82) is 0 Å².